The molecule has 1 fully saturated rings. The zero-order valence-corrected chi connectivity index (χ0v) is 16.6. The second-order valence-corrected chi connectivity index (χ2v) is 7.23. The lowest BCUT2D eigenvalue weighted by Crippen LogP contribution is -2.32. The van der Waals surface area contributed by atoms with E-state index in [1.807, 2.05) is 12.2 Å². The number of methoxy groups -OCH3 is 2. The van der Waals surface area contributed by atoms with E-state index in [4.69, 9.17) is 21.1 Å². The van der Waals surface area contributed by atoms with Crippen molar-refractivity contribution < 1.29 is 23.9 Å². The number of imide groups is 1. The molecule has 0 saturated carbocycles. The molecule has 0 unspecified atom stereocenters. The van der Waals surface area contributed by atoms with Crippen LogP contribution in [0.25, 0.3) is 0 Å². The molecule has 0 radical (unpaired) electrons. The average molecular weight is 407 g/mol. The Balaban J connectivity index is 1.55. The fraction of sp³-hybridized carbons (Fsp3) is 0.450. The van der Waals surface area contributed by atoms with Gasteiger partial charge in [0.05, 0.1) is 36.8 Å². The van der Waals surface area contributed by atoms with Gasteiger partial charge in [0, 0.05) is 25.1 Å². The van der Waals surface area contributed by atoms with Crippen LogP contribution < -0.4 is 14.8 Å². The normalized spacial score (nSPS) is 20.9. The molecular weight excluding hydrogens is 384 g/mol. The van der Waals surface area contributed by atoms with E-state index in [0.717, 1.165) is 0 Å². The predicted molar refractivity (Wildman–Crippen MR) is 104 cm³/mol. The standard InChI is InChI=1S/C20H23ClN2O5/c1-27-16-11-15(17(28-2)10-14(16)21)22-18(24)8-5-9-23-19(25)12-6-3-4-7-13(12)20(23)26/h3-4,10-13H,5-9H2,1-2H3,(H,22,24)/t12-,13+. The second kappa shape index (κ2) is 8.65. The van der Waals surface area contributed by atoms with Crippen LogP contribution in [0.15, 0.2) is 24.3 Å². The minimum atomic E-state index is -0.249. The minimum Gasteiger partial charge on any atom is -0.495 e. The molecule has 1 aromatic rings. The highest BCUT2D eigenvalue weighted by Gasteiger charge is 2.46. The number of ether oxygens (including phenoxy) is 2. The molecule has 1 aliphatic carbocycles. The van der Waals surface area contributed by atoms with Gasteiger partial charge in [-0.25, -0.2) is 0 Å². The van der Waals surface area contributed by atoms with E-state index >= 15 is 0 Å². The largest absolute Gasteiger partial charge is 0.495 e. The van der Waals surface area contributed by atoms with Crippen LogP contribution in [0.4, 0.5) is 5.69 Å². The second-order valence-electron chi connectivity index (χ2n) is 6.82. The highest BCUT2D eigenvalue weighted by Crippen LogP contribution is 2.36. The maximum atomic E-state index is 12.4. The summed E-state index contributed by atoms with van der Waals surface area (Å²) < 4.78 is 10.4. The number of nitrogens with zero attached hydrogens (tertiary/aromatic N) is 1. The maximum Gasteiger partial charge on any atom is 0.233 e. The third kappa shape index (κ3) is 3.99. The van der Waals surface area contributed by atoms with E-state index in [1.165, 1.54) is 19.1 Å². The summed E-state index contributed by atoms with van der Waals surface area (Å²) in [6.07, 6.45) is 5.70. The molecule has 2 atom stereocenters. The van der Waals surface area contributed by atoms with Gasteiger partial charge in [0.25, 0.3) is 0 Å². The van der Waals surface area contributed by atoms with Crippen LogP contribution in [0.2, 0.25) is 5.02 Å². The number of carbonyl (C=O) groups is 3. The van der Waals surface area contributed by atoms with Crippen LogP contribution in [0.1, 0.15) is 25.7 Å². The Morgan fingerprint density at radius 1 is 1.11 bits per heavy atom. The Morgan fingerprint density at radius 2 is 1.71 bits per heavy atom. The lowest BCUT2D eigenvalue weighted by atomic mass is 9.85. The minimum absolute atomic E-state index is 0.121. The average Bonchev–Trinajstić information content (AvgIpc) is 2.94. The summed E-state index contributed by atoms with van der Waals surface area (Å²) in [7, 11) is 2.96. The van der Waals surface area contributed by atoms with E-state index in [1.54, 1.807) is 12.1 Å². The lowest BCUT2D eigenvalue weighted by molar-refractivity contribution is -0.140. The van der Waals surface area contributed by atoms with Crippen molar-refractivity contribution in [2.24, 2.45) is 11.8 Å². The smallest absolute Gasteiger partial charge is 0.233 e. The number of carbonyl (C=O) groups excluding carboxylic acids is 3. The number of allylic oxidation sites excluding steroid dienone is 2. The summed E-state index contributed by atoms with van der Waals surface area (Å²) >= 11 is 6.06. The number of benzene rings is 1. The Kier molecular flexibility index (Phi) is 6.24. The molecule has 28 heavy (non-hydrogen) atoms. The Bertz CT molecular complexity index is 797. The SMILES string of the molecule is COc1cc(NC(=O)CCCN2C(=O)[C@H]3CC=CC[C@H]3C2=O)c(OC)cc1Cl. The number of likely N-dealkylation sites (tertiary alicyclic amines) is 1. The first kappa shape index (κ1) is 20.2. The molecule has 7 nitrogen and oxygen atoms in total. The topological polar surface area (TPSA) is 84.9 Å². The van der Waals surface area contributed by atoms with Crippen molar-refractivity contribution in [2.75, 3.05) is 26.1 Å². The van der Waals surface area contributed by atoms with Crippen LogP contribution >= 0.6 is 11.6 Å². The van der Waals surface area contributed by atoms with Crippen LogP contribution in [-0.2, 0) is 14.4 Å². The van der Waals surface area contributed by atoms with Gasteiger partial charge in [-0.1, -0.05) is 23.8 Å². The van der Waals surface area contributed by atoms with Crippen molar-refractivity contribution in [3.05, 3.63) is 29.3 Å². The summed E-state index contributed by atoms with van der Waals surface area (Å²) in [6.45, 7) is 0.249. The van der Waals surface area contributed by atoms with E-state index in [-0.39, 0.29) is 42.5 Å². The number of fused-ring (bicyclic) bond motifs is 1. The molecule has 3 amide bonds. The number of amides is 3. The van der Waals surface area contributed by atoms with Crippen LogP contribution in [-0.4, -0.2) is 43.4 Å². The molecule has 3 rings (SSSR count). The van der Waals surface area contributed by atoms with Crippen molar-refractivity contribution in [3.63, 3.8) is 0 Å². The summed E-state index contributed by atoms with van der Waals surface area (Å²) in [5.41, 5.74) is 0.444. The summed E-state index contributed by atoms with van der Waals surface area (Å²) in [6, 6.07) is 3.15. The Morgan fingerprint density at radius 3 is 2.29 bits per heavy atom. The summed E-state index contributed by atoms with van der Waals surface area (Å²) in [4.78, 5) is 38.5. The third-order valence-corrected chi connectivity index (χ3v) is 5.43. The first-order chi connectivity index (χ1) is 13.5. The van der Waals surface area contributed by atoms with Crippen molar-refractivity contribution >= 4 is 35.0 Å². The van der Waals surface area contributed by atoms with E-state index in [0.29, 0.717) is 41.5 Å². The van der Waals surface area contributed by atoms with Gasteiger partial charge < -0.3 is 14.8 Å². The van der Waals surface area contributed by atoms with Gasteiger partial charge in [-0.15, -0.1) is 0 Å². The van der Waals surface area contributed by atoms with Crippen LogP contribution in [0.5, 0.6) is 11.5 Å². The van der Waals surface area contributed by atoms with Gasteiger partial charge in [-0.2, -0.15) is 0 Å². The molecule has 1 aromatic carbocycles. The molecule has 1 N–H and O–H groups in total. The highest BCUT2D eigenvalue weighted by atomic mass is 35.5. The van der Waals surface area contributed by atoms with Crippen molar-refractivity contribution in [2.45, 2.75) is 25.7 Å². The fourth-order valence-electron chi connectivity index (χ4n) is 3.66. The van der Waals surface area contributed by atoms with Gasteiger partial charge in [0.1, 0.15) is 11.5 Å². The maximum absolute atomic E-state index is 12.4. The highest BCUT2D eigenvalue weighted by molar-refractivity contribution is 6.32. The molecule has 1 heterocycles. The van der Waals surface area contributed by atoms with Gasteiger partial charge in [-0.05, 0) is 19.3 Å². The van der Waals surface area contributed by atoms with E-state index < -0.39 is 0 Å². The lowest BCUT2D eigenvalue weighted by Gasteiger charge is -2.15. The van der Waals surface area contributed by atoms with Gasteiger partial charge >= 0.3 is 0 Å². The van der Waals surface area contributed by atoms with Crippen LogP contribution in [0.3, 0.4) is 0 Å². The molecular formula is C20H23ClN2O5. The van der Waals surface area contributed by atoms with E-state index in [9.17, 15) is 14.4 Å². The van der Waals surface area contributed by atoms with Gasteiger partial charge in [-0.3, -0.25) is 19.3 Å². The number of halogens is 1. The number of rotatable bonds is 7. The van der Waals surface area contributed by atoms with Crippen molar-refractivity contribution in [1.29, 1.82) is 0 Å². The quantitative estimate of drug-likeness (QED) is 0.555. The van der Waals surface area contributed by atoms with Crippen molar-refractivity contribution in [1.82, 2.24) is 4.90 Å². The molecule has 150 valence electrons. The molecule has 0 spiro atoms. The first-order valence-electron chi connectivity index (χ1n) is 9.17. The molecule has 1 aliphatic heterocycles. The Hall–Kier alpha value is -2.54. The predicted octanol–water partition coefficient (Wildman–Crippen LogP) is 3.03. The number of anilines is 1. The summed E-state index contributed by atoms with van der Waals surface area (Å²) in [5.74, 6) is -0.134. The van der Waals surface area contributed by atoms with Crippen molar-refractivity contribution in [3.8, 4) is 11.5 Å². The fourth-order valence-corrected chi connectivity index (χ4v) is 3.89. The summed E-state index contributed by atoms with van der Waals surface area (Å²) in [5, 5.41) is 3.13. The van der Waals surface area contributed by atoms with Gasteiger partial charge in [0.15, 0.2) is 0 Å². The number of hydrogen-bond acceptors (Lipinski definition) is 5. The number of hydrogen-bond donors (Lipinski definition) is 1. The zero-order valence-electron chi connectivity index (χ0n) is 15.9. The monoisotopic (exact) mass is 406 g/mol. The molecule has 8 heteroatoms. The molecule has 1 saturated heterocycles. The zero-order chi connectivity index (χ0) is 20.3. The van der Waals surface area contributed by atoms with E-state index in [2.05, 4.69) is 5.32 Å². The van der Waals surface area contributed by atoms with Gasteiger partial charge in [0.2, 0.25) is 17.7 Å². The molecule has 0 aromatic heterocycles. The molecule has 0 bridgehead atoms. The third-order valence-electron chi connectivity index (χ3n) is 5.13. The molecule has 2 aliphatic rings. The Labute approximate surface area is 168 Å². The number of nitrogens with one attached hydrogen (secondary N) is 1. The first-order valence-corrected chi connectivity index (χ1v) is 9.55. The van der Waals surface area contributed by atoms with Crippen LogP contribution in [0, 0.1) is 11.8 Å².